The molecule has 0 aliphatic carbocycles. The number of ether oxygens (including phenoxy) is 1. The van der Waals surface area contributed by atoms with E-state index >= 15 is 0 Å². The van der Waals surface area contributed by atoms with E-state index in [4.69, 9.17) is 9.84 Å². The molecule has 0 saturated heterocycles. The monoisotopic (exact) mass is 225 g/mol. The molecule has 0 aliphatic rings. The van der Waals surface area contributed by atoms with E-state index in [1.165, 1.54) is 19.3 Å². The van der Waals surface area contributed by atoms with Gasteiger partial charge >= 0.3 is 5.97 Å². The zero-order valence-corrected chi connectivity index (χ0v) is 9.47. The van der Waals surface area contributed by atoms with Crippen LogP contribution >= 0.6 is 0 Å². The van der Waals surface area contributed by atoms with Gasteiger partial charge in [-0.1, -0.05) is 0 Å². The normalized spacial score (nSPS) is 12.2. The molecule has 6 heteroatoms. The van der Waals surface area contributed by atoms with Gasteiger partial charge in [-0.2, -0.15) is 4.98 Å². The summed E-state index contributed by atoms with van der Waals surface area (Å²) in [5, 5.41) is 11.4. The number of hydrogen-bond donors (Lipinski definition) is 2. The van der Waals surface area contributed by atoms with Crippen molar-refractivity contribution in [2.45, 2.75) is 32.9 Å². The van der Waals surface area contributed by atoms with Crippen molar-refractivity contribution >= 4 is 11.8 Å². The second-order valence-electron chi connectivity index (χ2n) is 3.61. The fourth-order valence-electron chi connectivity index (χ4n) is 0.999. The van der Waals surface area contributed by atoms with Gasteiger partial charge in [0.2, 0.25) is 5.88 Å². The number of carbonyl (C=O) groups is 1. The molecule has 0 saturated carbocycles. The Morgan fingerprint density at radius 3 is 2.69 bits per heavy atom. The number of nitrogens with one attached hydrogen (secondary N) is 1. The molecule has 1 aromatic rings. The van der Waals surface area contributed by atoms with Crippen LogP contribution in [0.25, 0.3) is 0 Å². The summed E-state index contributed by atoms with van der Waals surface area (Å²) >= 11 is 0. The highest BCUT2D eigenvalue weighted by molar-refractivity contribution is 5.76. The standard InChI is InChI=1S/C10H15N3O3/c1-6(2)16-9-5-11-4-8(13-9)12-7(3)10(14)15/h4-7H,1-3H3,(H,12,13)(H,14,15). The van der Waals surface area contributed by atoms with E-state index in [1.807, 2.05) is 13.8 Å². The average molecular weight is 225 g/mol. The predicted molar refractivity (Wildman–Crippen MR) is 58.5 cm³/mol. The molecule has 1 aromatic heterocycles. The quantitative estimate of drug-likeness (QED) is 0.782. The molecular formula is C10H15N3O3. The van der Waals surface area contributed by atoms with E-state index in [0.29, 0.717) is 11.7 Å². The number of hydrogen-bond acceptors (Lipinski definition) is 5. The molecule has 0 radical (unpaired) electrons. The van der Waals surface area contributed by atoms with Crippen LogP contribution in [-0.2, 0) is 4.79 Å². The van der Waals surface area contributed by atoms with E-state index in [0.717, 1.165) is 0 Å². The van der Waals surface area contributed by atoms with Gasteiger partial charge in [0, 0.05) is 0 Å². The topological polar surface area (TPSA) is 84.3 Å². The van der Waals surface area contributed by atoms with Crippen molar-refractivity contribution in [3.63, 3.8) is 0 Å². The Kier molecular flexibility index (Phi) is 4.04. The summed E-state index contributed by atoms with van der Waals surface area (Å²) < 4.78 is 5.34. The molecule has 0 amide bonds. The van der Waals surface area contributed by atoms with Gasteiger partial charge in [0.1, 0.15) is 11.9 Å². The van der Waals surface area contributed by atoms with Crippen molar-refractivity contribution < 1.29 is 14.6 Å². The molecular weight excluding hydrogens is 210 g/mol. The molecule has 1 rings (SSSR count). The first-order valence-corrected chi connectivity index (χ1v) is 4.97. The van der Waals surface area contributed by atoms with E-state index in [9.17, 15) is 4.79 Å². The zero-order chi connectivity index (χ0) is 12.1. The molecule has 1 atom stereocenters. The van der Waals surface area contributed by atoms with Crippen LogP contribution < -0.4 is 10.1 Å². The van der Waals surface area contributed by atoms with Gasteiger partial charge < -0.3 is 15.2 Å². The first kappa shape index (κ1) is 12.2. The van der Waals surface area contributed by atoms with Crippen molar-refractivity contribution in [2.75, 3.05) is 5.32 Å². The van der Waals surface area contributed by atoms with Gasteiger partial charge in [0.25, 0.3) is 0 Å². The summed E-state index contributed by atoms with van der Waals surface area (Å²) in [6.07, 6.45) is 2.94. The lowest BCUT2D eigenvalue weighted by Gasteiger charge is -2.12. The summed E-state index contributed by atoms with van der Waals surface area (Å²) in [7, 11) is 0. The number of nitrogens with zero attached hydrogens (tertiary/aromatic N) is 2. The summed E-state index contributed by atoms with van der Waals surface area (Å²) in [6.45, 7) is 5.28. The largest absolute Gasteiger partial charge is 0.480 e. The lowest BCUT2D eigenvalue weighted by molar-refractivity contribution is -0.137. The Bertz CT molecular complexity index is 368. The molecule has 6 nitrogen and oxygen atoms in total. The molecule has 1 unspecified atom stereocenters. The lowest BCUT2D eigenvalue weighted by atomic mass is 10.3. The van der Waals surface area contributed by atoms with Crippen LogP contribution in [0.1, 0.15) is 20.8 Å². The Morgan fingerprint density at radius 2 is 2.12 bits per heavy atom. The SMILES string of the molecule is CC(C)Oc1cncc(NC(C)C(=O)O)n1. The molecule has 1 heterocycles. The molecule has 2 N–H and O–H groups in total. The Morgan fingerprint density at radius 1 is 1.44 bits per heavy atom. The highest BCUT2D eigenvalue weighted by Gasteiger charge is 2.11. The summed E-state index contributed by atoms with van der Waals surface area (Å²) in [5.41, 5.74) is 0. The summed E-state index contributed by atoms with van der Waals surface area (Å²) in [6, 6.07) is -0.719. The first-order valence-electron chi connectivity index (χ1n) is 4.97. The fraction of sp³-hybridized carbons (Fsp3) is 0.500. The molecule has 0 bridgehead atoms. The zero-order valence-electron chi connectivity index (χ0n) is 9.47. The Balaban J connectivity index is 2.70. The lowest BCUT2D eigenvalue weighted by Crippen LogP contribution is -2.26. The highest BCUT2D eigenvalue weighted by atomic mass is 16.5. The van der Waals surface area contributed by atoms with Crippen molar-refractivity contribution in [3.8, 4) is 5.88 Å². The van der Waals surface area contributed by atoms with Crippen LogP contribution in [0.3, 0.4) is 0 Å². The molecule has 0 fully saturated rings. The van der Waals surface area contributed by atoms with E-state index in [1.54, 1.807) is 0 Å². The first-order chi connectivity index (χ1) is 7.49. The number of carboxylic acid groups (broad SMARTS) is 1. The van der Waals surface area contributed by atoms with Crippen molar-refractivity contribution in [3.05, 3.63) is 12.4 Å². The number of aromatic nitrogens is 2. The molecule has 0 spiro atoms. The minimum atomic E-state index is -0.947. The third kappa shape index (κ3) is 3.72. The van der Waals surface area contributed by atoms with Crippen LogP contribution in [0.2, 0.25) is 0 Å². The molecule has 0 aliphatic heterocycles. The fourth-order valence-corrected chi connectivity index (χ4v) is 0.999. The van der Waals surface area contributed by atoms with Gasteiger partial charge in [0.15, 0.2) is 0 Å². The maximum atomic E-state index is 10.6. The second-order valence-corrected chi connectivity index (χ2v) is 3.61. The van der Waals surface area contributed by atoms with Crippen LogP contribution in [0.15, 0.2) is 12.4 Å². The number of aliphatic carboxylic acids is 1. The van der Waals surface area contributed by atoms with Crippen LogP contribution in [0.4, 0.5) is 5.82 Å². The van der Waals surface area contributed by atoms with Crippen molar-refractivity contribution in [2.24, 2.45) is 0 Å². The predicted octanol–water partition coefficient (Wildman–Crippen LogP) is 1.15. The number of carboxylic acids is 1. The van der Waals surface area contributed by atoms with Crippen LogP contribution in [0.5, 0.6) is 5.88 Å². The Labute approximate surface area is 93.7 Å². The number of anilines is 1. The summed E-state index contributed by atoms with van der Waals surface area (Å²) in [5.74, 6) is -0.192. The number of rotatable bonds is 5. The van der Waals surface area contributed by atoms with E-state index in [-0.39, 0.29) is 6.10 Å². The van der Waals surface area contributed by atoms with Gasteiger partial charge in [-0.3, -0.25) is 9.78 Å². The third-order valence-electron chi connectivity index (χ3n) is 1.70. The Hall–Kier alpha value is -1.85. The van der Waals surface area contributed by atoms with Crippen LogP contribution in [0, 0.1) is 0 Å². The van der Waals surface area contributed by atoms with Gasteiger partial charge in [0.05, 0.1) is 18.5 Å². The molecule has 88 valence electrons. The highest BCUT2D eigenvalue weighted by Crippen LogP contribution is 2.11. The molecule has 16 heavy (non-hydrogen) atoms. The molecule has 0 aromatic carbocycles. The van der Waals surface area contributed by atoms with Gasteiger partial charge in [-0.05, 0) is 20.8 Å². The minimum Gasteiger partial charge on any atom is -0.480 e. The van der Waals surface area contributed by atoms with Crippen LogP contribution in [-0.4, -0.2) is 33.2 Å². The maximum Gasteiger partial charge on any atom is 0.325 e. The minimum absolute atomic E-state index is 0.00134. The van der Waals surface area contributed by atoms with Gasteiger partial charge in [-0.25, -0.2) is 0 Å². The van der Waals surface area contributed by atoms with Crippen molar-refractivity contribution in [1.29, 1.82) is 0 Å². The maximum absolute atomic E-state index is 10.6. The van der Waals surface area contributed by atoms with E-state index in [2.05, 4.69) is 15.3 Å². The average Bonchev–Trinajstić information content (AvgIpc) is 2.16. The van der Waals surface area contributed by atoms with E-state index < -0.39 is 12.0 Å². The third-order valence-corrected chi connectivity index (χ3v) is 1.70. The van der Waals surface area contributed by atoms with Crippen molar-refractivity contribution in [1.82, 2.24) is 9.97 Å². The smallest absolute Gasteiger partial charge is 0.325 e. The second kappa shape index (κ2) is 5.29. The summed E-state index contributed by atoms with van der Waals surface area (Å²) in [4.78, 5) is 18.6. The van der Waals surface area contributed by atoms with Gasteiger partial charge in [-0.15, -0.1) is 0 Å².